The molecule has 2 aromatic carbocycles. The summed E-state index contributed by atoms with van der Waals surface area (Å²) in [6.45, 7) is 11.4. The van der Waals surface area contributed by atoms with Crippen molar-refractivity contribution in [1.82, 2.24) is 25.0 Å². The molecule has 4 aliphatic heterocycles. The molecular formula is C47H47ClFN7O6. The molecule has 0 radical (unpaired) electrons. The lowest BCUT2D eigenvalue weighted by Crippen LogP contribution is -2.74. The Morgan fingerprint density at radius 2 is 1.55 bits per heavy atom. The highest BCUT2D eigenvalue weighted by Gasteiger charge is 2.67. The minimum absolute atomic E-state index is 0.0118. The van der Waals surface area contributed by atoms with Gasteiger partial charge in [0, 0.05) is 67.5 Å². The topological polar surface area (TPSA) is 156 Å². The maximum atomic E-state index is 15.5. The fourth-order valence-electron chi connectivity index (χ4n) is 11.3. The summed E-state index contributed by atoms with van der Waals surface area (Å²) < 4.78 is 22.0. The van der Waals surface area contributed by atoms with Crippen LogP contribution in [-0.2, 0) is 16.1 Å². The molecule has 6 aliphatic rings. The van der Waals surface area contributed by atoms with E-state index in [-0.39, 0.29) is 64.5 Å². The van der Waals surface area contributed by atoms with E-state index in [0.29, 0.717) is 53.3 Å². The van der Waals surface area contributed by atoms with E-state index in [1.165, 1.54) is 6.07 Å². The first-order chi connectivity index (χ1) is 29.6. The lowest BCUT2D eigenvalue weighted by Gasteiger charge is -2.65. The van der Waals surface area contributed by atoms with Crippen molar-refractivity contribution < 1.29 is 33.1 Å². The smallest absolute Gasteiger partial charge is 0.262 e. The van der Waals surface area contributed by atoms with Crippen LogP contribution in [0.3, 0.4) is 0 Å². The standard InChI is InChI=1S/C47H47ClFN7O6/c1-46(2)44(47(3,4)45(46)62-30-13-8-27(24-50)34(48)21-30)55-25-36-31(41(55)59)14-10-28(51-36)9-5-26-6-11-29(12-7-26)53-17-19-54(20-18-53)38-23-33-32(22-35(38)49)42(60)56(43(33)61)37-15-16-39(57)52-40(37)58/h8,10,13-14,21-23,26,29,37,44-45H,6-7,11-12,15-20,25H2,1-4H3,(H,52,57,58)/t26-,29-,37?,44-,45-. The fraction of sp³-hybridized carbons (Fsp3) is 0.468. The first-order valence-corrected chi connectivity index (χ1v) is 21.7. The number of anilines is 1. The highest BCUT2D eigenvalue weighted by Crippen LogP contribution is 2.59. The first-order valence-electron chi connectivity index (χ1n) is 21.3. The molecule has 13 nitrogen and oxygen atoms in total. The molecule has 2 saturated carbocycles. The van der Waals surface area contributed by atoms with Gasteiger partial charge >= 0.3 is 0 Å². The number of carbonyl (C=O) groups excluding carboxylic acids is 5. The van der Waals surface area contributed by atoms with E-state index in [1.807, 2.05) is 21.9 Å². The number of piperazine rings is 1. The highest BCUT2D eigenvalue weighted by molar-refractivity contribution is 6.31. The molecule has 1 unspecified atom stereocenters. The molecule has 15 heteroatoms. The van der Waals surface area contributed by atoms with Crippen LogP contribution >= 0.6 is 11.6 Å². The van der Waals surface area contributed by atoms with Gasteiger partial charge in [0.15, 0.2) is 0 Å². The maximum Gasteiger partial charge on any atom is 0.262 e. The molecule has 0 spiro atoms. The Kier molecular flexibility index (Phi) is 10.4. The molecule has 1 aromatic heterocycles. The summed E-state index contributed by atoms with van der Waals surface area (Å²) in [5.41, 5.74) is 1.86. The van der Waals surface area contributed by atoms with Crippen molar-refractivity contribution in [3.8, 4) is 23.7 Å². The number of benzene rings is 2. The zero-order valence-electron chi connectivity index (χ0n) is 35.1. The summed E-state index contributed by atoms with van der Waals surface area (Å²) in [7, 11) is 0. The van der Waals surface area contributed by atoms with Crippen LogP contribution in [0.4, 0.5) is 10.1 Å². The van der Waals surface area contributed by atoms with E-state index >= 15 is 4.39 Å². The molecule has 5 amide bonds. The van der Waals surface area contributed by atoms with Crippen molar-refractivity contribution in [2.24, 2.45) is 16.7 Å². The van der Waals surface area contributed by atoms with Gasteiger partial charge in [-0.25, -0.2) is 9.37 Å². The Morgan fingerprint density at radius 1 is 0.855 bits per heavy atom. The number of ether oxygens (including phenoxy) is 1. The average molecular weight is 860 g/mol. The number of imide groups is 2. The largest absolute Gasteiger partial charge is 0.489 e. The zero-order chi connectivity index (χ0) is 43.8. The van der Waals surface area contributed by atoms with Gasteiger partial charge in [0.05, 0.1) is 45.2 Å². The number of fused-ring (bicyclic) bond motifs is 2. The van der Waals surface area contributed by atoms with Crippen LogP contribution in [0.5, 0.6) is 5.75 Å². The van der Waals surface area contributed by atoms with Crippen LogP contribution < -0.4 is 15.0 Å². The van der Waals surface area contributed by atoms with Crippen LogP contribution in [0.25, 0.3) is 0 Å². The first kappa shape index (κ1) is 41.5. The minimum atomic E-state index is -1.11. The highest BCUT2D eigenvalue weighted by atomic mass is 35.5. The number of carbonyl (C=O) groups is 5. The number of hydrogen-bond acceptors (Lipinski definition) is 10. The fourth-order valence-corrected chi connectivity index (χ4v) is 11.5. The van der Waals surface area contributed by atoms with E-state index in [9.17, 15) is 29.2 Å². The van der Waals surface area contributed by atoms with Crippen molar-refractivity contribution >= 4 is 46.8 Å². The second-order valence-corrected chi connectivity index (χ2v) is 18.9. The van der Waals surface area contributed by atoms with Gasteiger partial charge in [0.25, 0.3) is 17.7 Å². The summed E-state index contributed by atoms with van der Waals surface area (Å²) in [5, 5.41) is 11.8. The molecule has 4 fully saturated rings. The van der Waals surface area contributed by atoms with Crippen molar-refractivity contribution in [2.45, 2.75) is 97.0 Å². The molecule has 3 aromatic rings. The number of pyridine rings is 1. The third kappa shape index (κ3) is 6.98. The molecule has 2 saturated heterocycles. The van der Waals surface area contributed by atoms with Crippen LogP contribution in [0.1, 0.15) is 114 Å². The number of nitrogens with zero attached hydrogens (tertiary/aromatic N) is 6. The third-order valence-corrected chi connectivity index (χ3v) is 14.3. The van der Waals surface area contributed by atoms with Crippen molar-refractivity contribution in [2.75, 3.05) is 31.1 Å². The molecule has 9 rings (SSSR count). The number of halogens is 2. The number of aromatic nitrogens is 1. The maximum absolute atomic E-state index is 15.5. The average Bonchev–Trinajstić information content (AvgIpc) is 3.68. The SMILES string of the molecule is CC1(C)[C@H](Oc2ccc(C#N)c(Cl)c2)C(C)(C)[C@H]1N1Cc2nc(C#C[C@H]3CC[C@H](N4CCN(c5cc6c(cc5F)C(=O)N(C5CCC(=O)NC5=O)C6=O)CC4)CC3)ccc2C1=O. The predicted octanol–water partition coefficient (Wildman–Crippen LogP) is 5.72. The lowest BCUT2D eigenvalue weighted by atomic mass is 9.49. The molecular weight excluding hydrogens is 813 g/mol. The number of amides is 5. The Labute approximate surface area is 364 Å². The van der Waals surface area contributed by atoms with Crippen LogP contribution in [0.15, 0.2) is 42.5 Å². The molecule has 62 heavy (non-hydrogen) atoms. The van der Waals surface area contributed by atoms with E-state index < -0.39 is 35.5 Å². The summed E-state index contributed by atoms with van der Waals surface area (Å²) in [5.74, 6) is 4.40. The summed E-state index contributed by atoms with van der Waals surface area (Å²) in [6, 6.07) is 12.5. The molecule has 1 N–H and O–H groups in total. The van der Waals surface area contributed by atoms with Gasteiger partial charge < -0.3 is 14.5 Å². The van der Waals surface area contributed by atoms with E-state index in [4.69, 9.17) is 21.3 Å². The van der Waals surface area contributed by atoms with E-state index in [2.05, 4.69) is 55.8 Å². The van der Waals surface area contributed by atoms with Gasteiger partial charge in [-0.3, -0.25) is 39.1 Å². The molecule has 5 heterocycles. The van der Waals surface area contributed by atoms with Gasteiger partial charge in [-0.05, 0) is 74.4 Å². The second kappa shape index (κ2) is 15.5. The third-order valence-electron chi connectivity index (χ3n) is 14.0. The van der Waals surface area contributed by atoms with Crippen LogP contribution in [0, 0.1) is 45.7 Å². The van der Waals surface area contributed by atoms with Gasteiger partial charge in [0.1, 0.15) is 35.5 Å². The monoisotopic (exact) mass is 859 g/mol. The number of nitriles is 1. The second-order valence-electron chi connectivity index (χ2n) is 18.5. The Morgan fingerprint density at radius 3 is 2.21 bits per heavy atom. The number of rotatable bonds is 6. The quantitative estimate of drug-likeness (QED) is 0.241. The van der Waals surface area contributed by atoms with Gasteiger partial charge in [-0.15, -0.1) is 0 Å². The Hall–Kier alpha value is -5.83. The molecule has 320 valence electrons. The van der Waals surface area contributed by atoms with Gasteiger partial charge in [0.2, 0.25) is 11.8 Å². The predicted molar refractivity (Wildman–Crippen MR) is 226 cm³/mol. The lowest BCUT2D eigenvalue weighted by molar-refractivity contribution is -0.199. The Balaban J connectivity index is 0.778. The van der Waals surface area contributed by atoms with Crippen molar-refractivity contribution in [1.29, 1.82) is 5.26 Å². The van der Waals surface area contributed by atoms with Crippen molar-refractivity contribution in [3.63, 3.8) is 0 Å². The molecule has 0 bridgehead atoms. The van der Waals surface area contributed by atoms with E-state index in [0.717, 1.165) is 55.4 Å². The molecule has 2 aliphatic carbocycles. The van der Waals surface area contributed by atoms with Crippen molar-refractivity contribution in [3.05, 3.63) is 86.9 Å². The van der Waals surface area contributed by atoms with Gasteiger partial charge in [-0.1, -0.05) is 45.2 Å². The summed E-state index contributed by atoms with van der Waals surface area (Å²) in [4.78, 5) is 76.4. The zero-order valence-corrected chi connectivity index (χ0v) is 35.9. The Bertz CT molecular complexity index is 2530. The number of hydrogen-bond donors (Lipinski definition) is 1. The van der Waals surface area contributed by atoms with E-state index in [1.54, 1.807) is 18.2 Å². The normalized spacial score (nSPS) is 26.6. The summed E-state index contributed by atoms with van der Waals surface area (Å²) in [6.07, 6.45) is 3.69. The number of nitrogens with one attached hydrogen (secondary N) is 1. The number of piperidine rings is 1. The van der Waals surface area contributed by atoms with Crippen LogP contribution in [0.2, 0.25) is 5.02 Å². The summed E-state index contributed by atoms with van der Waals surface area (Å²) >= 11 is 6.29. The molecule has 1 atom stereocenters. The minimum Gasteiger partial charge on any atom is -0.489 e. The van der Waals surface area contributed by atoms with Gasteiger partial charge in [-0.2, -0.15) is 5.26 Å². The van der Waals surface area contributed by atoms with Crippen LogP contribution in [-0.4, -0.2) is 99.6 Å².